The van der Waals surface area contributed by atoms with E-state index in [1.165, 1.54) is 38.0 Å². The van der Waals surface area contributed by atoms with Crippen LogP contribution in [-0.4, -0.2) is 37.8 Å². The zero-order chi connectivity index (χ0) is 24.9. The van der Waals surface area contributed by atoms with Gasteiger partial charge in [0.15, 0.2) is 5.82 Å². The quantitative estimate of drug-likeness (QED) is 0.376. The van der Waals surface area contributed by atoms with Crippen LogP contribution in [0.3, 0.4) is 0 Å². The van der Waals surface area contributed by atoms with Gasteiger partial charge in [0.2, 0.25) is 5.95 Å². The maximum absolute atomic E-state index is 15.5. The predicted octanol–water partition coefficient (Wildman–Crippen LogP) is 1.19. The molecule has 0 saturated heterocycles. The number of fused-ring (bicyclic) bond motifs is 1. The molecule has 4 rings (SSSR count). The third-order valence-corrected chi connectivity index (χ3v) is 6.89. The molecule has 0 aliphatic carbocycles. The highest BCUT2D eigenvalue weighted by Gasteiger charge is 2.28. The summed E-state index contributed by atoms with van der Waals surface area (Å²) in [5.41, 5.74) is 3.29. The lowest BCUT2D eigenvalue weighted by atomic mass is 10.0. The number of nitrogen functional groups attached to an aromatic ring is 1. The molecule has 0 radical (unpaired) electrons. The molecule has 0 saturated carbocycles. The Morgan fingerprint density at radius 3 is 2.62 bits per heavy atom. The highest BCUT2D eigenvalue weighted by molar-refractivity contribution is 7.92. The van der Waals surface area contributed by atoms with Crippen molar-refractivity contribution in [1.29, 1.82) is 0 Å². The number of halogens is 2. The van der Waals surface area contributed by atoms with E-state index in [9.17, 15) is 22.7 Å². The summed E-state index contributed by atoms with van der Waals surface area (Å²) in [6, 6.07) is 2.93. The lowest BCUT2D eigenvalue weighted by Crippen LogP contribution is -2.21. The van der Waals surface area contributed by atoms with Gasteiger partial charge in [-0.15, -0.1) is 0 Å². The van der Waals surface area contributed by atoms with E-state index >= 15 is 4.39 Å². The maximum atomic E-state index is 15.5. The Labute approximate surface area is 191 Å². The Morgan fingerprint density at radius 2 is 1.94 bits per heavy atom. The molecule has 0 fully saturated rings. The monoisotopic (exact) mass is 491 g/mol. The van der Waals surface area contributed by atoms with Crippen LogP contribution in [0.2, 0.25) is 0 Å². The van der Waals surface area contributed by atoms with Crippen molar-refractivity contribution >= 4 is 32.7 Å². The first-order valence-electron chi connectivity index (χ1n) is 9.73. The Kier molecular flexibility index (Phi) is 5.57. The average molecular weight is 491 g/mol. The minimum Gasteiger partial charge on any atom is -0.390 e. The zero-order valence-electron chi connectivity index (χ0n) is 18.2. The molecule has 34 heavy (non-hydrogen) atoms. The molecule has 3 heterocycles. The topological polar surface area (TPSA) is 158 Å². The van der Waals surface area contributed by atoms with Gasteiger partial charge < -0.3 is 10.8 Å². The minimum atomic E-state index is -4.43. The summed E-state index contributed by atoms with van der Waals surface area (Å²) in [7, 11) is -1.60. The van der Waals surface area contributed by atoms with Gasteiger partial charge in [-0.2, -0.15) is 10.1 Å². The molecule has 0 aliphatic heterocycles. The summed E-state index contributed by atoms with van der Waals surface area (Å²) in [6.07, 6.45) is 1.30. The van der Waals surface area contributed by atoms with Gasteiger partial charge in [0.05, 0.1) is 29.1 Å². The molecule has 0 bridgehead atoms. The Morgan fingerprint density at radius 1 is 1.24 bits per heavy atom. The van der Waals surface area contributed by atoms with Gasteiger partial charge in [-0.3, -0.25) is 18.8 Å². The van der Waals surface area contributed by atoms with E-state index in [0.717, 1.165) is 16.7 Å². The molecular formula is C20H19F2N7O4S. The van der Waals surface area contributed by atoms with E-state index in [2.05, 4.69) is 19.8 Å². The predicted molar refractivity (Wildman–Crippen MR) is 119 cm³/mol. The highest BCUT2D eigenvalue weighted by atomic mass is 32.2. The van der Waals surface area contributed by atoms with E-state index in [4.69, 9.17) is 5.73 Å². The van der Waals surface area contributed by atoms with Crippen molar-refractivity contribution < 1.29 is 22.3 Å². The summed E-state index contributed by atoms with van der Waals surface area (Å²) >= 11 is 0. The number of hydrogen-bond donors (Lipinski definition) is 3. The van der Waals surface area contributed by atoms with Gasteiger partial charge >= 0.3 is 0 Å². The van der Waals surface area contributed by atoms with Crippen LogP contribution in [0.1, 0.15) is 11.4 Å². The minimum absolute atomic E-state index is 0.0861. The number of aliphatic hydroxyl groups is 1. The van der Waals surface area contributed by atoms with Gasteiger partial charge in [-0.25, -0.2) is 22.2 Å². The zero-order valence-corrected chi connectivity index (χ0v) is 19.0. The third kappa shape index (κ3) is 3.66. The molecule has 178 valence electrons. The van der Waals surface area contributed by atoms with Crippen LogP contribution in [0.4, 0.5) is 20.4 Å². The normalized spacial score (nSPS) is 11.8. The van der Waals surface area contributed by atoms with E-state index in [-0.39, 0.29) is 38.8 Å². The van der Waals surface area contributed by atoms with Crippen molar-refractivity contribution in [2.45, 2.75) is 18.4 Å². The number of nitrogens with one attached hydrogen (secondary N) is 1. The molecule has 0 atom stereocenters. The fraction of sp³-hybridized carbons (Fsp3) is 0.200. The van der Waals surface area contributed by atoms with Crippen LogP contribution < -0.4 is 16.0 Å². The highest BCUT2D eigenvalue weighted by Crippen LogP contribution is 2.32. The number of sulfonamides is 1. The molecular weight excluding hydrogens is 472 g/mol. The van der Waals surface area contributed by atoms with Crippen LogP contribution in [-0.2, 0) is 30.7 Å². The fourth-order valence-corrected chi connectivity index (χ4v) is 5.11. The second-order valence-electron chi connectivity index (χ2n) is 7.46. The van der Waals surface area contributed by atoms with Crippen LogP contribution in [0.5, 0.6) is 0 Å². The maximum Gasteiger partial charge on any atom is 0.265 e. The van der Waals surface area contributed by atoms with Crippen LogP contribution >= 0.6 is 0 Å². The molecule has 3 aromatic heterocycles. The van der Waals surface area contributed by atoms with E-state index < -0.39 is 45.1 Å². The van der Waals surface area contributed by atoms with E-state index in [0.29, 0.717) is 0 Å². The van der Waals surface area contributed by atoms with Crippen LogP contribution in [0.15, 0.2) is 34.1 Å². The Bertz CT molecular complexity index is 1630. The Balaban J connectivity index is 1.89. The van der Waals surface area contributed by atoms with Crippen molar-refractivity contribution in [3.05, 3.63) is 57.8 Å². The van der Waals surface area contributed by atoms with Gasteiger partial charge in [0.1, 0.15) is 22.1 Å². The summed E-state index contributed by atoms with van der Waals surface area (Å²) in [5.74, 6) is -2.47. The molecule has 0 unspecified atom stereocenters. The number of aliphatic hydroxyl groups excluding tert-OH is 1. The van der Waals surface area contributed by atoms with Gasteiger partial charge in [-0.1, -0.05) is 0 Å². The molecule has 0 aliphatic rings. The summed E-state index contributed by atoms with van der Waals surface area (Å²) in [6.45, 7) is 0.787. The van der Waals surface area contributed by atoms with Crippen LogP contribution in [0.25, 0.3) is 22.2 Å². The largest absolute Gasteiger partial charge is 0.390 e. The molecule has 4 aromatic rings. The van der Waals surface area contributed by atoms with E-state index in [1.807, 2.05) is 0 Å². The lowest BCUT2D eigenvalue weighted by molar-refractivity contribution is 0.272. The first kappa shape index (κ1) is 23.3. The van der Waals surface area contributed by atoms with Crippen molar-refractivity contribution in [3.8, 4) is 11.1 Å². The van der Waals surface area contributed by atoms with Crippen molar-refractivity contribution in [2.24, 2.45) is 14.1 Å². The summed E-state index contributed by atoms with van der Waals surface area (Å²) in [4.78, 5) is 20.4. The lowest BCUT2D eigenvalue weighted by Gasteiger charge is -2.14. The first-order valence-corrected chi connectivity index (χ1v) is 11.2. The number of pyridine rings is 1. The number of anilines is 2. The van der Waals surface area contributed by atoms with Crippen molar-refractivity contribution in [2.75, 3.05) is 10.5 Å². The number of rotatable bonds is 5. The first-order chi connectivity index (χ1) is 16.0. The fourth-order valence-electron chi connectivity index (χ4n) is 3.62. The van der Waals surface area contributed by atoms with Crippen molar-refractivity contribution in [3.63, 3.8) is 0 Å². The molecule has 0 amide bonds. The number of benzene rings is 1. The summed E-state index contributed by atoms with van der Waals surface area (Å²) < 4.78 is 60.6. The van der Waals surface area contributed by atoms with Crippen LogP contribution in [0, 0.1) is 18.6 Å². The molecule has 11 nitrogen and oxygen atoms in total. The number of hydrogen-bond acceptors (Lipinski definition) is 8. The third-order valence-electron chi connectivity index (χ3n) is 5.34. The number of aryl methyl sites for hydroxylation is 2. The molecule has 0 spiro atoms. The van der Waals surface area contributed by atoms with Crippen molar-refractivity contribution in [1.82, 2.24) is 24.3 Å². The SMILES string of the molecule is Cc1c(S(=O)(=O)Nc2ccc(F)c(-c3cc4cnc(N)nc4n(C)c3=O)c2F)c(CO)nn1C. The van der Waals surface area contributed by atoms with E-state index in [1.54, 1.807) is 0 Å². The molecule has 1 aromatic carbocycles. The standard InChI is InChI=1S/C20H19F2N7O4S/c1-9-17(14(8-30)26-29(9)3)34(32,33)27-13-5-4-12(21)15(16(13)22)11-6-10-7-24-20(23)25-18(10)28(2)19(11)31/h4-7,27,30H,8H2,1-3H3,(H2,23,24,25). The number of nitrogens with zero attached hydrogens (tertiary/aromatic N) is 5. The molecule has 14 heteroatoms. The van der Waals surface area contributed by atoms with Gasteiger partial charge in [0, 0.05) is 25.7 Å². The second kappa shape index (κ2) is 8.14. The van der Waals surface area contributed by atoms with Gasteiger partial charge in [-0.05, 0) is 25.1 Å². The smallest absolute Gasteiger partial charge is 0.265 e. The Hall–Kier alpha value is -3.91. The van der Waals surface area contributed by atoms with Gasteiger partial charge in [0.25, 0.3) is 15.6 Å². The molecule has 4 N–H and O–H groups in total. The average Bonchev–Trinajstić information content (AvgIpc) is 3.08. The number of aromatic nitrogens is 5. The number of nitrogens with two attached hydrogens (primary N) is 1. The second-order valence-corrected chi connectivity index (χ2v) is 9.08. The summed E-state index contributed by atoms with van der Waals surface area (Å²) in [5, 5.41) is 13.7.